The van der Waals surface area contributed by atoms with Crippen LogP contribution in [0.2, 0.25) is 0 Å². The fraction of sp³-hybridized carbons (Fsp3) is 0.485. The molecule has 0 unspecified atom stereocenters. The Morgan fingerprint density at radius 1 is 1.10 bits per heavy atom. The predicted molar refractivity (Wildman–Crippen MR) is 185 cm³/mol. The molecule has 0 saturated heterocycles. The summed E-state index contributed by atoms with van der Waals surface area (Å²) in [6.07, 6.45) is 1.26. The normalized spacial score (nSPS) is 20.8. The minimum atomic E-state index is -3.89. The Labute approximate surface area is 287 Å². The van der Waals surface area contributed by atoms with Gasteiger partial charge in [-0.05, 0) is 87.0 Å². The Kier molecular flexibility index (Phi) is 12.9. The van der Waals surface area contributed by atoms with Crippen LogP contribution in [0.5, 0.6) is 11.5 Å². The Bertz CT molecular complexity index is 1720. The number of hydrogen-bond donors (Lipinski definition) is 2. The van der Waals surface area contributed by atoms with Crippen molar-refractivity contribution in [3.05, 3.63) is 65.5 Å². The molecule has 0 bridgehead atoms. The summed E-state index contributed by atoms with van der Waals surface area (Å²) in [4.78, 5) is 15.9. The number of sulfonamides is 2. The number of likely N-dealkylation sites (N-methyl/N-ethyl adjacent to an activating group) is 1. The zero-order chi connectivity index (χ0) is 35.1. The van der Waals surface area contributed by atoms with Crippen LogP contribution in [0, 0.1) is 5.92 Å². The first kappa shape index (κ1) is 37.6. The Balaban J connectivity index is 1.66. The number of anilines is 1. The van der Waals surface area contributed by atoms with Gasteiger partial charge in [-0.3, -0.25) is 9.52 Å². The summed E-state index contributed by atoms with van der Waals surface area (Å²) in [5.41, 5.74) is 0.318. The van der Waals surface area contributed by atoms with Gasteiger partial charge in [0.1, 0.15) is 15.7 Å². The van der Waals surface area contributed by atoms with Gasteiger partial charge in [-0.15, -0.1) is 11.3 Å². The van der Waals surface area contributed by atoms with Crippen molar-refractivity contribution in [1.82, 2.24) is 9.21 Å². The average molecular weight is 724 g/mol. The van der Waals surface area contributed by atoms with Gasteiger partial charge in [-0.2, -0.15) is 4.31 Å². The van der Waals surface area contributed by atoms with Gasteiger partial charge in [0.05, 0.1) is 42.4 Å². The fourth-order valence-corrected chi connectivity index (χ4v) is 8.58. The van der Waals surface area contributed by atoms with Gasteiger partial charge in [-0.25, -0.2) is 16.8 Å². The van der Waals surface area contributed by atoms with Crippen LogP contribution >= 0.6 is 11.3 Å². The summed E-state index contributed by atoms with van der Waals surface area (Å²) in [6, 6.07) is 13.2. The van der Waals surface area contributed by atoms with E-state index >= 15 is 0 Å². The smallest absolute Gasteiger partial charge is 0.271 e. The third kappa shape index (κ3) is 9.27. The molecule has 0 fully saturated rings. The number of aliphatic hydroxyl groups excluding tert-OH is 1. The van der Waals surface area contributed by atoms with E-state index in [0.29, 0.717) is 30.9 Å². The summed E-state index contributed by atoms with van der Waals surface area (Å²) in [5, 5.41) is 11.9. The summed E-state index contributed by atoms with van der Waals surface area (Å²) >= 11 is 1.08. The second kappa shape index (κ2) is 16.5. The molecular weight excluding hydrogens is 679 g/mol. The van der Waals surface area contributed by atoms with Crippen molar-refractivity contribution in [2.75, 3.05) is 45.2 Å². The van der Waals surface area contributed by atoms with E-state index in [0.717, 1.165) is 17.8 Å². The third-order valence-electron chi connectivity index (χ3n) is 8.27. The second-order valence-corrected chi connectivity index (χ2v) is 16.9. The van der Waals surface area contributed by atoms with Crippen molar-refractivity contribution >= 4 is 43.0 Å². The van der Waals surface area contributed by atoms with Crippen molar-refractivity contribution in [1.29, 1.82) is 0 Å². The maximum absolute atomic E-state index is 14.3. The molecule has 3 aromatic rings. The fourth-order valence-electron chi connectivity index (χ4n) is 5.35. The van der Waals surface area contributed by atoms with Crippen molar-refractivity contribution in [2.24, 2.45) is 5.92 Å². The maximum Gasteiger partial charge on any atom is 0.271 e. The number of carbonyl (C=O) groups is 1. The first-order chi connectivity index (χ1) is 22.8. The molecule has 4 rings (SSSR count). The van der Waals surface area contributed by atoms with Gasteiger partial charge in [0.2, 0.25) is 10.0 Å². The number of nitrogens with zero attached hydrogens (tertiary/aromatic N) is 2. The molecule has 1 aliphatic rings. The number of carbonyl (C=O) groups excluding carboxylic acids is 1. The molecule has 15 heteroatoms. The molecular formula is C33H45N3O9S3. The highest BCUT2D eigenvalue weighted by molar-refractivity contribution is 7.94. The first-order valence-corrected chi connectivity index (χ1v) is 19.6. The van der Waals surface area contributed by atoms with Crippen molar-refractivity contribution in [2.45, 2.75) is 67.4 Å². The number of aliphatic hydroxyl groups is 1. The number of hydrogen-bond acceptors (Lipinski definition) is 10. The molecule has 1 aliphatic heterocycles. The van der Waals surface area contributed by atoms with E-state index in [1.165, 1.54) is 47.6 Å². The Hall–Kier alpha value is -3.21. The topological polar surface area (TPSA) is 152 Å². The van der Waals surface area contributed by atoms with Crippen LogP contribution in [0.1, 0.15) is 50.4 Å². The van der Waals surface area contributed by atoms with Crippen molar-refractivity contribution in [3.63, 3.8) is 0 Å². The monoisotopic (exact) mass is 723 g/mol. The van der Waals surface area contributed by atoms with Gasteiger partial charge in [0, 0.05) is 38.3 Å². The van der Waals surface area contributed by atoms with Gasteiger partial charge >= 0.3 is 0 Å². The van der Waals surface area contributed by atoms with Crippen LogP contribution in [0.15, 0.2) is 69.1 Å². The van der Waals surface area contributed by atoms with Crippen LogP contribution in [-0.4, -0.2) is 95.8 Å². The largest absolute Gasteiger partial charge is 0.497 e. The van der Waals surface area contributed by atoms with Crippen LogP contribution < -0.4 is 14.2 Å². The summed E-state index contributed by atoms with van der Waals surface area (Å²) in [7, 11) is -4.76. The number of ether oxygens (including phenoxy) is 3. The highest BCUT2D eigenvalue weighted by Gasteiger charge is 2.32. The summed E-state index contributed by atoms with van der Waals surface area (Å²) < 4.78 is 74.6. The van der Waals surface area contributed by atoms with E-state index in [1.807, 2.05) is 13.8 Å². The molecule has 0 radical (unpaired) electrons. The molecule has 12 nitrogen and oxygen atoms in total. The number of benzene rings is 2. The number of thiophene rings is 1. The maximum atomic E-state index is 14.3. The molecule has 2 heterocycles. The van der Waals surface area contributed by atoms with E-state index in [-0.39, 0.29) is 52.1 Å². The molecule has 0 aliphatic carbocycles. The molecule has 1 amide bonds. The molecule has 264 valence electrons. The quantitative estimate of drug-likeness (QED) is 0.304. The molecule has 0 saturated carbocycles. The number of rotatable bonds is 10. The lowest BCUT2D eigenvalue weighted by atomic mass is 10.0. The van der Waals surface area contributed by atoms with Gasteiger partial charge in [0.15, 0.2) is 0 Å². The van der Waals surface area contributed by atoms with E-state index in [9.17, 15) is 26.7 Å². The minimum absolute atomic E-state index is 0.0236. The molecule has 48 heavy (non-hydrogen) atoms. The lowest BCUT2D eigenvalue weighted by molar-refractivity contribution is -0.00833. The lowest BCUT2D eigenvalue weighted by Crippen LogP contribution is -2.48. The van der Waals surface area contributed by atoms with E-state index < -0.39 is 38.1 Å². The van der Waals surface area contributed by atoms with Crippen LogP contribution in [0.4, 0.5) is 5.69 Å². The highest BCUT2D eigenvalue weighted by atomic mass is 32.2. The van der Waals surface area contributed by atoms with Gasteiger partial charge in [-0.1, -0.05) is 13.0 Å². The van der Waals surface area contributed by atoms with Crippen molar-refractivity contribution < 1.29 is 40.9 Å². The van der Waals surface area contributed by atoms with E-state index in [1.54, 1.807) is 42.6 Å². The molecule has 2 N–H and O–H groups in total. The number of fused-ring (bicyclic) bond motifs is 1. The first-order valence-electron chi connectivity index (χ1n) is 15.8. The lowest BCUT2D eigenvalue weighted by Gasteiger charge is -2.35. The minimum Gasteiger partial charge on any atom is -0.497 e. The highest BCUT2D eigenvalue weighted by Crippen LogP contribution is 2.30. The molecule has 1 aromatic heterocycles. The standard InChI is InChI=1S/C33H45N3O9S3/c1-23-20-36(24(2)22-37)33(38)29-19-26(34-47(39,40)32-10-8-18-46-32)11-16-30(29)45-25(3)9-6-7-17-44-31(23)21-35(4)48(41,42)28-14-12-27(43-5)13-15-28/h8,10-16,18-19,23-25,31,34,37H,6-7,9,17,20-22H2,1-5H3/t23-,24-,25-,31+/m0/s1. The van der Waals surface area contributed by atoms with E-state index in [4.69, 9.17) is 14.2 Å². The van der Waals surface area contributed by atoms with Gasteiger partial charge in [0.25, 0.3) is 15.9 Å². The predicted octanol–water partition coefficient (Wildman–Crippen LogP) is 4.67. The number of nitrogens with one attached hydrogen (secondary N) is 1. The zero-order valence-corrected chi connectivity index (χ0v) is 30.3. The number of methoxy groups -OCH3 is 1. The molecule has 2 aromatic carbocycles. The Morgan fingerprint density at radius 3 is 2.48 bits per heavy atom. The van der Waals surface area contributed by atoms with Crippen molar-refractivity contribution in [3.8, 4) is 11.5 Å². The van der Waals surface area contributed by atoms with E-state index in [2.05, 4.69) is 4.72 Å². The van der Waals surface area contributed by atoms with Crippen LogP contribution in [-0.2, 0) is 24.8 Å². The average Bonchev–Trinajstić information content (AvgIpc) is 3.62. The molecule has 0 spiro atoms. The zero-order valence-electron chi connectivity index (χ0n) is 27.9. The number of amides is 1. The summed E-state index contributed by atoms with van der Waals surface area (Å²) in [6.45, 7) is 5.65. The van der Waals surface area contributed by atoms with Crippen LogP contribution in [0.25, 0.3) is 0 Å². The van der Waals surface area contributed by atoms with Gasteiger partial charge < -0.3 is 24.2 Å². The summed E-state index contributed by atoms with van der Waals surface area (Å²) in [5.74, 6) is -0.0128. The second-order valence-electron chi connectivity index (χ2n) is 12.0. The Morgan fingerprint density at radius 2 is 1.83 bits per heavy atom. The van der Waals surface area contributed by atoms with Crippen LogP contribution in [0.3, 0.4) is 0 Å². The molecule has 4 atom stereocenters. The third-order valence-corrected chi connectivity index (χ3v) is 12.9. The SMILES string of the molecule is COc1ccc(S(=O)(=O)N(C)C[C@H]2OCCCC[C@H](C)Oc3ccc(NS(=O)(=O)c4cccs4)cc3C(=O)N([C@@H](C)CO)C[C@@H]2C)cc1.